The van der Waals surface area contributed by atoms with Crippen molar-refractivity contribution in [3.63, 3.8) is 0 Å². The summed E-state index contributed by atoms with van der Waals surface area (Å²) in [5.41, 5.74) is 2.51. The Balaban J connectivity index is 1.46. The van der Waals surface area contributed by atoms with Crippen molar-refractivity contribution in [2.45, 2.75) is 44.2 Å². The maximum absolute atomic E-state index is 12.4. The van der Waals surface area contributed by atoms with Gasteiger partial charge in [0.25, 0.3) is 0 Å². The molecule has 0 saturated carbocycles. The van der Waals surface area contributed by atoms with E-state index < -0.39 is 9.84 Å². The number of guanidine groups is 1. The van der Waals surface area contributed by atoms with Crippen molar-refractivity contribution in [3.05, 3.63) is 65.7 Å². The molecule has 1 aliphatic heterocycles. The second kappa shape index (κ2) is 11.9. The molecule has 0 bridgehead atoms. The average Bonchev–Trinajstić information content (AvgIpc) is 3.29. The fourth-order valence-electron chi connectivity index (χ4n) is 3.68. The first-order valence-electron chi connectivity index (χ1n) is 11.2. The van der Waals surface area contributed by atoms with Gasteiger partial charge in [0.2, 0.25) is 0 Å². The van der Waals surface area contributed by atoms with Crippen LogP contribution in [0.15, 0.2) is 64.5 Å². The minimum absolute atomic E-state index is 0.113. The molecule has 0 atom stereocenters. The molecular weight excluding hydrogens is 408 g/mol. The van der Waals surface area contributed by atoms with Crippen LogP contribution in [0.3, 0.4) is 0 Å². The van der Waals surface area contributed by atoms with E-state index in [4.69, 9.17) is 0 Å². The van der Waals surface area contributed by atoms with Gasteiger partial charge in [0.1, 0.15) is 0 Å². The van der Waals surface area contributed by atoms with Crippen molar-refractivity contribution in [1.82, 2.24) is 15.5 Å². The van der Waals surface area contributed by atoms with Gasteiger partial charge < -0.3 is 10.6 Å². The monoisotopic (exact) mass is 442 g/mol. The van der Waals surface area contributed by atoms with Crippen LogP contribution in [-0.2, 0) is 22.9 Å². The Labute approximate surface area is 186 Å². The molecule has 2 aromatic carbocycles. The SMILES string of the molecule is CCNC(=NCc1ccc(CN2CCCC2)cc1)NCCCS(=O)(=O)c1ccccc1. The summed E-state index contributed by atoms with van der Waals surface area (Å²) in [6, 6.07) is 17.3. The lowest BCUT2D eigenvalue weighted by atomic mass is 10.1. The normalized spacial score (nSPS) is 15.2. The van der Waals surface area contributed by atoms with Gasteiger partial charge in [0.05, 0.1) is 17.2 Å². The molecular formula is C24H34N4O2S. The predicted octanol–water partition coefficient (Wildman–Crippen LogP) is 3.20. The van der Waals surface area contributed by atoms with Crippen LogP contribution in [0.1, 0.15) is 37.3 Å². The fraction of sp³-hybridized carbons (Fsp3) is 0.458. The minimum atomic E-state index is -3.24. The van der Waals surface area contributed by atoms with Crippen LogP contribution in [0.25, 0.3) is 0 Å². The highest BCUT2D eigenvalue weighted by molar-refractivity contribution is 7.91. The van der Waals surface area contributed by atoms with Crippen LogP contribution in [0.5, 0.6) is 0 Å². The minimum Gasteiger partial charge on any atom is -0.357 e. The van der Waals surface area contributed by atoms with Crippen LogP contribution in [0, 0.1) is 0 Å². The lowest BCUT2D eigenvalue weighted by Crippen LogP contribution is -2.38. The first-order valence-corrected chi connectivity index (χ1v) is 12.8. The van der Waals surface area contributed by atoms with Crippen molar-refractivity contribution in [3.8, 4) is 0 Å². The highest BCUT2D eigenvalue weighted by atomic mass is 32.2. The van der Waals surface area contributed by atoms with Gasteiger partial charge in [-0.3, -0.25) is 4.90 Å². The van der Waals surface area contributed by atoms with Gasteiger partial charge in [-0.25, -0.2) is 13.4 Å². The Kier molecular flexibility index (Phi) is 8.91. The van der Waals surface area contributed by atoms with Crippen LogP contribution < -0.4 is 10.6 Å². The summed E-state index contributed by atoms with van der Waals surface area (Å²) >= 11 is 0. The average molecular weight is 443 g/mol. The molecule has 1 aliphatic rings. The van der Waals surface area contributed by atoms with Crippen molar-refractivity contribution < 1.29 is 8.42 Å². The summed E-state index contributed by atoms with van der Waals surface area (Å²) in [6.07, 6.45) is 3.14. The Hall–Kier alpha value is -2.38. The summed E-state index contributed by atoms with van der Waals surface area (Å²) < 4.78 is 24.7. The third-order valence-electron chi connectivity index (χ3n) is 5.38. The molecule has 6 nitrogen and oxygen atoms in total. The number of hydrogen-bond donors (Lipinski definition) is 2. The summed E-state index contributed by atoms with van der Waals surface area (Å²) in [6.45, 7) is 7.34. The molecule has 0 aromatic heterocycles. The molecule has 2 aromatic rings. The van der Waals surface area contributed by atoms with E-state index >= 15 is 0 Å². The molecule has 2 N–H and O–H groups in total. The molecule has 0 aliphatic carbocycles. The van der Waals surface area contributed by atoms with Crippen molar-refractivity contribution in [2.24, 2.45) is 4.99 Å². The highest BCUT2D eigenvalue weighted by Crippen LogP contribution is 2.14. The number of rotatable bonds is 10. The number of nitrogens with one attached hydrogen (secondary N) is 2. The van der Waals surface area contributed by atoms with Gasteiger partial charge in [-0.2, -0.15) is 0 Å². The number of nitrogens with zero attached hydrogens (tertiary/aromatic N) is 2. The molecule has 0 spiro atoms. The molecule has 7 heteroatoms. The molecule has 31 heavy (non-hydrogen) atoms. The predicted molar refractivity (Wildman–Crippen MR) is 127 cm³/mol. The quantitative estimate of drug-likeness (QED) is 0.336. The molecule has 0 radical (unpaired) electrons. The lowest BCUT2D eigenvalue weighted by Gasteiger charge is -2.14. The van der Waals surface area contributed by atoms with Gasteiger partial charge in [0.15, 0.2) is 15.8 Å². The molecule has 1 heterocycles. The number of hydrogen-bond acceptors (Lipinski definition) is 4. The molecule has 1 saturated heterocycles. The summed E-state index contributed by atoms with van der Waals surface area (Å²) in [5.74, 6) is 0.822. The number of aliphatic imine (C=N–C) groups is 1. The number of sulfone groups is 1. The summed E-state index contributed by atoms with van der Waals surface area (Å²) in [5, 5.41) is 6.47. The van der Waals surface area contributed by atoms with E-state index in [-0.39, 0.29) is 5.75 Å². The largest absolute Gasteiger partial charge is 0.357 e. The van der Waals surface area contributed by atoms with E-state index in [9.17, 15) is 8.42 Å². The van der Waals surface area contributed by atoms with Crippen LogP contribution in [0.4, 0.5) is 0 Å². The fourth-order valence-corrected chi connectivity index (χ4v) is 5.01. The van der Waals surface area contributed by atoms with Crippen LogP contribution >= 0.6 is 0 Å². The third-order valence-corrected chi connectivity index (χ3v) is 7.19. The Morgan fingerprint density at radius 2 is 1.65 bits per heavy atom. The first-order chi connectivity index (χ1) is 15.1. The molecule has 168 valence electrons. The zero-order chi connectivity index (χ0) is 21.9. The van der Waals surface area contributed by atoms with Crippen molar-refractivity contribution in [1.29, 1.82) is 0 Å². The Morgan fingerprint density at radius 3 is 2.32 bits per heavy atom. The molecule has 0 amide bonds. The topological polar surface area (TPSA) is 73.8 Å². The Morgan fingerprint density at radius 1 is 0.968 bits per heavy atom. The number of benzene rings is 2. The third kappa shape index (κ3) is 7.67. The molecule has 3 rings (SSSR count). The first kappa shape index (κ1) is 23.3. The van der Waals surface area contributed by atoms with Gasteiger partial charge in [-0.15, -0.1) is 0 Å². The maximum Gasteiger partial charge on any atom is 0.191 e. The second-order valence-corrected chi connectivity index (χ2v) is 10.0. The van der Waals surface area contributed by atoms with E-state index in [0.29, 0.717) is 30.4 Å². The summed E-state index contributed by atoms with van der Waals surface area (Å²) in [4.78, 5) is 7.52. The van der Waals surface area contributed by atoms with Gasteiger partial charge in [0, 0.05) is 19.6 Å². The van der Waals surface area contributed by atoms with E-state index in [2.05, 4.69) is 44.8 Å². The smallest absolute Gasteiger partial charge is 0.191 e. The standard InChI is InChI=1S/C24H34N4O2S/c1-2-25-24(26-15-8-18-31(29,30)23-9-4-3-5-10-23)27-19-21-11-13-22(14-12-21)20-28-16-6-7-17-28/h3-5,9-14H,2,6-8,15-20H2,1H3,(H2,25,26,27). The number of likely N-dealkylation sites (tertiary alicyclic amines) is 1. The Bertz CT molecular complexity index is 922. The van der Waals surface area contributed by atoms with Crippen molar-refractivity contribution >= 4 is 15.8 Å². The van der Waals surface area contributed by atoms with Gasteiger partial charge in [-0.05, 0) is 62.5 Å². The van der Waals surface area contributed by atoms with Gasteiger partial charge in [-0.1, -0.05) is 42.5 Å². The van der Waals surface area contributed by atoms with Crippen molar-refractivity contribution in [2.75, 3.05) is 31.9 Å². The highest BCUT2D eigenvalue weighted by Gasteiger charge is 2.13. The lowest BCUT2D eigenvalue weighted by molar-refractivity contribution is 0.331. The molecule has 1 fully saturated rings. The van der Waals surface area contributed by atoms with Gasteiger partial charge >= 0.3 is 0 Å². The van der Waals surface area contributed by atoms with Crippen LogP contribution in [0.2, 0.25) is 0 Å². The van der Waals surface area contributed by atoms with E-state index in [1.165, 1.54) is 31.5 Å². The van der Waals surface area contributed by atoms with E-state index in [1.54, 1.807) is 24.3 Å². The van der Waals surface area contributed by atoms with Crippen LogP contribution in [-0.4, -0.2) is 51.2 Å². The zero-order valence-electron chi connectivity index (χ0n) is 18.4. The van der Waals surface area contributed by atoms with E-state index in [0.717, 1.165) is 18.7 Å². The second-order valence-electron chi connectivity index (χ2n) is 7.91. The molecule has 0 unspecified atom stereocenters. The maximum atomic E-state index is 12.4. The van der Waals surface area contributed by atoms with E-state index in [1.807, 2.05) is 13.0 Å². The zero-order valence-corrected chi connectivity index (χ0v) is 19.2. The summed E-state index contributed by atoms with van der Waals surface area (Å²) in [7, 11) is -3.24.